The molecule has 19 heavy (non-hydrogen) atoms. The second-order valence-corrected chi connectivity index (χ2v) is 5.40. The van der Waals surface area contributed by atoms with Crippen LogP contribution in [-0.2, 0) is 4.79 Å². The maximum absolute atomic E-state index is 11.6. The van der Waals surface area contributed by atoms with Gasteiger partial charge in [-0.15, -0.1) is 0 Å². The van der Waals surface area contributed by atoms with E-state index in [2.05, 4.69) is 11.6 Å². The summed E-state index contributed by atoms with van der Waals surface area (Å²) in [5, 5.41) is 2.96. The van der Waals surface area contributed by atoms with Gasteiger partial charge in [0.25, 0.3) is 0 Å². The van der Waals surface area contributed by atoms with Gasteiger partial charge >= 0.3 is 0 Å². The van der Waals surface area contributed by atoms with Crippen LogP contribution in [0.1, 0.15) is 19.8 Å². The van der Waals surface area contributed by atoms with E-state index in [1.165, 1.54) is 0 Å². The molecule has 0 saturated carbocycles. The van der Waals surface area contributed by atoms with E-state index in [1.807, 2.05) is 6.92 Å². The number of hydrogen-bond acceptors (Lipinski definition) is 4. The van der Waals surface area contributed by atoms with Crippen molar-refractivity contribution in [2.75, 3.05) is 24.3 Å². The normalized spacial score (nSPS) is 11.9. The minimum Gasteiger partial charge on any atom is -0.493 e. The summed E-state index contributed by atoms with van der Waals surface area (Å²) in [6.45, 7) is 2.40. The van der Waals surface area contributed by atoms with Crippen LogP contribution in [0.25, 0.3) is 0 Å². The largest absolute Gasteiger partial charge is 0.493 e. The Kier molecular flexibility index (Phi) is 7.18. The van der Waals surface area contributed by atoms with Crippen molar-refractivity contribution >= 4 is 23.4 Å². The first-order valence-corrected chi connectivity index (χ1v) is 7.78. The fraction of sp³-hybridized carbons (Fsp3) is 0.500. The molecule has 0 aliphatic rings. The first-order chi connectivity index (χ1) is 9.11. The molecule has 0 saturated heterocycles. The Morgan fingerprint density at radius 3 is 2.74 bits per heavy atom. The zero-order valence-electron chi connectivity index (χ0n) is 11.5. The Morgan fingerprint density at radius 2 is 2.11 bits per heavy atom. The molecule has 1 aromatic carbocycles. The summed E-state index contributed by atoms with van der Waals surface area (Å²) in [5.74, 6) is 1.82. The summed E-state index contributed by atoms with van der Waals surface area (Å²) in [7, 11) is 0. The number of nitrogens with one attached hydrogen (secondary N) is 1. The van der Waals surface area contributed by atoms with Crippen LogP contribution in [0.3, 0.4) is 0 Å². The molecule has 0 radical (unpaired) electrons. The third-order valence-electron chi connectivity index (χ3n) is 2.64. The number of carbonyl (C=O) groups is 1. The number of ether oxygens (including phenoxy) is 1. The molecule has 0 aliphatic carbocycles. The third-order valence-corrected chi connectivity index (χ3v) is 3.28. The molecule has 1 unspecified atom stereocenters. The van der Waals surface area contributed by atoms with Gasteiger partial charge in [-0.2, -0.15) is 11.8 Å². The van der Waals surface area contributed by atoms with Crippen LogP contribution in [0.15, 0.2) is 24.3 Å². The Hall–Kier alpha value is -1.36. The van der Waals surface area contributed by atoms with Crippen LogP contribution in [0.5, 0.6) is 5.75 Å². The quantitative estimate of drug-likeness (QED) is 0.718. The lowest BCUT2D eigenvalue weighted by Gasteiger charge is -2.13. The number of amides is 1. The summed E-state index contributed by atoms with van der Waals surface area (Å²) in [4.78, 5) is 11.6. The molecule has 106 valence electrons. The van der Waals surface area contributed by atoms with Crippen molar-refractivity contribution < 1.29 is 9.53 Å². The summed E-state index contributed by atoms with van der Waals surface area (Å²) < 4.78 is 5.47. The lowest BCUT2D eigenvalue weighted by atomic mass is 10.2. The van der Waals surface area contributed by atoms with Gasteiger partial charge in [-0.3, -0.25) is 4.79 Å². The third kappa shape index (κ3) is 6.96. The van der Waals surface area contributed by atoms with Crippen LogP contribution in [0, 0.1) is 0 Å². The number of nitrogen functional groups attached to an aromatic ring is 1. The number of thioether (sulfide) groups is 1. The van der Waals surface area contributed by atoms with Crippen molar-refractivity contribution in [2.45, 2.75) is 25.8 Å². The molecule has 0 fully saturated rings. The van der Waals surface area contributed by atoms with Gasteiger partial charge in [0, 0.05) is 11.7 Å². The molecular formula is C14H22N2O2S. The maximum atomic E-state index is 11.6. The predicted octanol–water partition coefficient (Wildman–Crippen LogP) is 2.30. The van der Waals surface area contributed by atoms with Crippen molar-refractivity contribution in [2.24, 2.45) is 0 Å². The van der Waals surface area contributed by atoms with Gasteiger partial charge in [0.2, 0.25) is 5.91 Å². The first-order valence-electron chi connectivity index (χ1n) is 6.38. The number of rotatable bonds is 8. The summed E-state index contributed by atoms with van der Waals surface area (Å²) in [6.07, 6.45) is 3.43. The highest BCUT2D eigenvalue weighted by Gasteiger charge is 2.07. The Morgan fingerprint density at radius 1 is 1.42 bits per heavy atom. The van der Waals surface area contributed by atoms with Gasteiger partial charge < -0.3 is 15.8 Å². The number of anilines is 1. The topological polar surface area (TPSA) is 64.3 Å². The second kappa shape index (κ2) is 8.69. The van der Waals surface area contributed by atoms with Crippen LogP contribution >= 0.6 is 11.8 Å². The van der Waals surface area contributed by atoms with Gasteiger partial charge in [-0.25, -0.2) is 0 Å². The lowest BCUT2D eigenvalue weighted by molar-refractivity contribution is -0.122. The van der Waals surface area contributed by atoms with E-state index in [-0.39, 0.29) is 11.9 Å². The maximum Gasteiger partial charge on any atom is 0.223 e. The number of hydrogen-bond donors (Lipinski definition) is 2. The lowest BCUT2D eigenvalue weighted by Crippen LogP contribution is -2.33. The molecule has 1 aromatic rings. The van der Waals surface area contributed by atoms with E-state index in [1.54, 1.807) is 36.0 Å². The summed E-state index contributed by atoms with van der Waals surface area (Å²) >= 11 is 1.79. The minimum absolute atomic E-state index is 0.0315. The SMILES string of the molecule is CSCCC(C)NC(=O)CCOc1ccc(N)cc1. The van der Waals surface area contributed by atoms with E-state index < -0.39 is 0 Å². The van der Waals surface area contributed by atoms with Crippen LogP contribution in [0.4, 0.5) is 5.69 Å². The summed E-state index contributed by atoms with van der Waals surface area (Å²) in [6, 6.07) is 7.37. The zero-order valence-corrected chi connectivity index (χ0v) is 12.3. The van der Waals surface area contributed by atoms with Crippen molar-refractivity contribution in [3.63, 3.8) is 0 Å². The monoisotopic (exact) mass is 282 g/mol. The van der Waals surface area contributed by atoms with Gasteiger partial charge in [0.15, 0.2) is 0 Å². The molecule has 1 atom stereocenters. The number of carbonyl (C=O) groups excluding carboxylic acids is 1. The first kappa shape index (κ1) is 15.7. The second-order valence-electron chi connectivity index (χ2n) is 4.42. The van der Waals surface area contributed by atoms with Gasteiger partial charge in [-0.05, 0) is 49.6 Å². The molecule has 0 bridgehead atoms. The Bertz CT molecular complexity index is 382. The fourth-order valence-corrected chi connectivity index (χ4v) is 2.13. The van der Waals surface area contributed by atoms with E-state index in [0.29, 0.717) is 18.7 Å². The molecule has 0 aliphatic heterocycles. The van der Waals surface area contributed by atoms with Crippen molar-refractivity contribution in [3.05, 3.63) is 24.3 Å². The van der Waals surface area contributed by atoms with Crippen molar-refractivity contribution in [3.8, 4) is 5.75 Å². The van der Waals surface area contributed by atoms with Crippen molar-refractivity contribution in [1.82, 2.24) is 5.32 Å². The van der Waals surface area contributed by atoms with E-state index in [0.717, 1.165) is 17.9 Å². The van der Waals surface area contributed by atoms with E-state index >= 15 is 0 Å². The molecule has 0 spiro atoms. The predicted molar refractivity (Wildman–Crippen MR) is 81.6 cm³/mol. The van der Waals surface area contributed by atoms with Gasteiger partial charge in [-0.1, -0.05) is 0 Å². The standard InChI is InChI=1S/C14H22N2O2S/c1-11(8-10-19-2)16-14(17)7-9-18-13-5-3-12(15)4-6-13/h3-6,11H,7-10,15H2,1-2H3,(H,16,17). The van der Waals surface area contributed by atoms with E-state index in [9.17, 15) is 4.79 Å². The minimum atomic E-state index is 0.0315. The Balaban J connectivity index is 2.18. The zero-order chi connectivity index (χ0) is 14.1. The molecule has 5 heteroatoms. The number of nitrogens with two attached hydrogens (primary N) is 1. The molecule has 0 aromatic heterocycles. The van der Waals surface area contributed by atoms with Crippen LogP contribution in [0.2, 0.25) is 0 Å². The van der Waals surface area contributed by atoms with Gasteiger partial charge in [0.05, 0.1) is 13.0 Å². The van der Waals surface area contributed by atoms with Crippen molar-refractivity contribution in [1.29, 1.82) is 0 Å². The molecular weight excluding hydrogens is 260 g/mol. The van der Waals surface area contributed by atoms with Gasteiger partial charge in [0.1, 0.15) is 5.75 Å². The number of benzene rings is 1. The average molecular weight is 282 g/mol. The molecule has 3 N–H and O–H groups in total. The molecule has 1 amide bonds. The summed E-state index contributed by atoms with van der Waals surface area (Å²) in [5.41, 5.74) is 6.28. The highest BCUT2D eigenvalue weighted by Crippen LogP contribution is 2.13. The molecule has 0 heterocycles. The highest BCUT2D eigenvalue weighted by atomic mass is 32.2. The van der Waals surface area contributed by atoms with Crippen LogP contribution in [-0.4, -0.2) is 30.6 Å². The highest BCUT2D eigenvalue weighted by molar-refractivity contribution is 7.98. The molecule has 4 nitrogen and oxygen atoms in total. The molecule has 1 rings (SSSR count). The Labute approximate surface area is 119 Å². The smallest absolute Gasteiger partial charge is 0.223 e. The fourth-order valence-electron chi connectivity index (χ4n) is 1.54. The van der Waals surface area contributed by atoms with Crippen LogP contribution < -0.4 is 15.8 Å². The average Bonchev–Trinajstić information content (AvgIpc) is 2.38. The van der Waals surface area contributed by atoms with E-state index in [4.69, 9.17) is 10.5 Å².